The van der Waals surface area contributed by atoms with Crippen molar-refractivity contribution in [2.75, 3.05) is 6.54 Å². The van der Waals surface area contributed by atoms with Gasteiger partial charge in [-0.05, 0) is 24.5 Å². The van der Waals surface area contributed by atoms with Crippen molar-refractivity contribution < 1.29 is 23.2 Å². The summed E-state index contributed by atoms with van der Waals surface area (Å²) in [5.74, 6) is -0.614. The molecule has 4 nitrogen and oxygen atoms in total. The van der Waals surface area contributed by atoms with Gasteiger partial charge in [0.2, 0.25) is 0 Å². The Balaban J connectivity index is 2.30. The average molecular weight is 346 g/mol. The van der Waals surface area contributed by atoms with E-state index in [0.29, 0.717) is 25.8 Å². The molecule has 2 rings (SSSR count). The zero-order valence-corrected chi connectivity index (χ0v) is 13.3. The number of hydrogen-bond acceptors (Lipinski definition) is 3. The van der Waals surface area contributed by atoms with Crippen molar-refractivity contribution in [1.82, 2.24) is 10.4 Å². The molecule has 1 aromatic carbocycles. The van der Waals surface area contributed by atoms with Crippen LogP contribution in [-0.2, 0) is 17.4 Å². The van der Waals surface area contributed by atoms with Crippen LogP contribution in [0.3, 0.4) is 0 Å². The van der Waals surface area contributed by atoms with Gasteiger partial charge < -0.3 is 4.90 Å². The van der Waals surface area contributed by atoms with Crippen LogP contribution in [0.25, 0.3) is 0 Å². The van der Waals surface area contributed by atoms with Gasteiger partial charge in [0.15, 0.2) is 0 Å². The highest BCUT2D eigenvalue weighted by Crippen LogP contribution is 2.34. The Labute approximate surface area is 137 Å². The number of amides is 1. The van der Waals surface area contributed by atoms with Gasteiger partial charge in [0.25, 0.3) is 5.91 Å². The molecule has 1 aliphatic rings. The van der Waals surface area contributed by atoms with Gasteiger partial charge in [-0.2, -0.15) is 13.2 Å². The van der Waals surface area contributed by atoms with Gasteiger partial charge in [0.05, 0.1) is 5.56 Å². The van der Waals surface area contributed by atoms with Crippen molar-refractivity contribution in [2.45, 2.75) is 38.4 Å². The third-order valence-electron chi connectivity index (χ3n) is 3.87. The molecule has 0 spiro atoms. The molecule has 0 aromatic heterocycles. The quantitative estimate of drug-likeness (QED) is 0.500. The van der Waals surface area contributed by atoms with Crippen LogP contribution >= 0.6 is 12.2 Å². The molecule has 126 valence electrons. The number of hydroxylamine groups is 1. The van der Waals surface area contributed by atoms with E-state index in [1.54, 1.807) is 11.5 Å². The summed E-state index contributed by atoms with van der Waals surface area (Å²) in [5.41, 5.74) is 1.34. The standard InChI is InChI=1S/C15H17F3N2O2S/c1-2-3-9-4-5-10(8-11(9)15(16,17)18)14(23)20-7-6-12(20)13(21)19-22/h4-5,8,12,22H,2-3,6-7H2,1H3,(H,19,21)/t12-/m1/s1. The second kappa shape index (κ2) is 6.84. The van der Waals surface area contributed by atoms with Crippen LogP contribution in [0.4, 0.5) is 13.2 Å². The number of carbonyl (C=O) groups excluding carboxylic acids is 1. The predicted molar refractivity (Wildman–Crippen MR) is 82.2 cm³/mol. The van der Waals surface area contributed by atoms with Crippen molar-refractivity contribution in [3.05, 3.63) is 34.9 Å². The minimum absolute atomic E-state index is 0.179. The molecule has 0 aliphatic carbocycles. The average Bonchev–Trinajstić information content (AvgIpc) is 2.45. The van der Waals surface area contributed by atoms with Gasteiger partial charge in [-0.1, -0.05) is 37.7 Å². The lowest BCUT2D eigenvalue weighted by Gasteiger charge is -2.41. The summed E-state index contributed by atoms with van der Waals surface area (Å²) >= 11 is 5.23. The van der Waals surface area contributed by atoms with E-state index in [1.807, 2.05) is 6.92 Å². The minimum atomic E-state index is -4.45. The van der Waals surface area contributed by atoms with Crippen LogP contribution in [0.2, 0.25) is 0 Å². The summed E-state index contributed by atoms with van der Waals surface area (Å²) in [6.45, 7) is 2.28. The summed E-state index contributed by atoms with van der Waals surface area (Å²) in [5, 5.41) is 8.67. The number of rotatable bonds is 4. The normalized spacial score (nSPS) is 17.6. The number of hydrogen-bond donors (Lipinski definition) is 2. The van der Waals surface area contributed by atoms with Crippen LogP contribution in [0, 0.1) is 0 Å². The fourth-order valence-electron chi connectivity index (χ4n) is 2.60. The van der Waals surface area contributed by atoms with Gasteiger partial charge in [0, 0.05) is 12.1 Å². The van der Waals surface area contributed by atoms with E-state index < -0.39 is 23.7 Å². The lowest BCUT2D eigenvalue weighted by molar-refractivity contribution is -0.138. The van der Waals surface area contributed by atoms with E-state index in [9.17, 15) is 18.0 Å². The van der Waals surface area contributed by atoms with Crippen LogP contribution in [0.1, 0.15) is 36.5 Å². The first-order chi connectivity index (χ1) is 10.8. The lowest BCUT2D eigenvalue weighted by Crippen LogP contribution is -2.57. The third-order valence-corrected chi connectivity index (χ3v) is 4.35. The molecule has 0 bridgehead atoms. The molecule has 1 aliphatic heterocycles. The van der Waals surface area contributed by atoms with E-state index in [0.717, 1.165) is 6.07 Å². The summed E-state index contributed by atoms with van der Waals surface area (Å²) in [4.78, 5) is 13.2. The molecule has 1 amide bonds. The summed E-state index contributed by atoms with van der Waals surface area (Å²) in [7, 11) is 0. The fourth-order valence-corrected chi connectivity index (χ4v) is 2.95. The molecule has 8 heteroatoms. The van der Waals surface area contributed by atoms with Crippen molar-refractivity contribution in [3.8, 4) is 0 Å². The molecule has 1 aromatic rings. The Morgan fingerprint density at radius 1 is 1.48 bits per heavy atom. The molecule has 1 fully saturated rings. The molecule has 0 unspecified atom stereocenters. The highest BCUT2D eigenvalue weighted by atomic mass is 32.1. The maximum Gasteiger partial charge on any atom is 0.416 e. The number of carbonyl (C=O) groups is 1. The number of likely N-dealkylation sites (tertiary alicyclic amines) is 1. The van der Waals surface area contributed by atoms with Gasteiger partial charge in [-0.15, -0.1) is 0 Å². The number of nitrogens with zero attached hydrogens (tertiary/aromatic N) is 1. The topological polar surface area (TPSA) is 52.6 Å². The van der Waals surface area contributed by atoms with E-state index in [1.165, 1.54) is 11.0 Å². The van der Waals surface area contributed by atoms with E-state index >= 15 is 0 Å². The number of halogens is 3. The van der Waals surface area contributed by atoms with E-state index in [4.69, 9.17) is 17.4 Å². The number of alkyl halides is 3. The second-order valence-corrected chi connectivity index (χ2v) is 5.79. The Hall–Kier alpha value is -1.67. The molecule has 1 saturated heterocycles. The fraction of sp³-hybridized carbons (Fsp3) is 0.467. The van der Waals surface area contributed by atoms with Crippen LogP contribution in [0.15, 0.2) is 18.2 Å². The summed E-state index contributed by atoms with van der Waals surface area (Å²) < 4.78 is 39.7. The largest absolute Gasteiger partial charge is 0.416 e. The van der Waals surface area contributed by atoms with Crippen LogP contribution < -0.4 is 5.48 Å². The Kier molecular flexibility index (Phi) is 5.26. The van der Waals surface area contributed by atoms with Crippen molar-refractivity contribution in [1.29, 1.82) is 0 Å². The number of nitrogens with one attached hydrogen (secondary N) is 1. The molecule has 1 atom stereocenters. The maximum atomic E-state index is 13.2. The van der Waals surface area contributed by atoms with Gasteiger partial charge in [-0.3, -0.25) is 10.0 Å². The van der Waals surface area contributed by atoms with E-state index in [2.05, 4.69) is 0 Å². The van der Waals surface area contributed by atoms with Crippen LogP contribution in [-0.4, -0.2) is 33.6 Å². The van der Waals surface area contributed by atoms with Crippen molar-refractivity contribution in [2.24, 2.45) is 0 Å². The highest BCUT2D eigenvalue weighted by molar-refractivity contribution is 7.80. The summed E-state index contributed by atoms with van der Waals surface area (Å²) in [6.07, 6.45) is -3.02. The van der Waals surface area contributed by atoms with Gasteiger partial charge in [0.1, 0.15) is 11.0 Å². The molecule has 2 N–H and O–H groups in total. The number of benzene rings is 1. The second-order valence-electron chi connectivity index (χ2n) is 5.40. The highest BCUT2D eigenvalue weighted by Gasteiger charge is 2.37. The molecule has 0 radical (unpaired) electrons. The van der Waals surface area contributed by atoms with Crippen molar-refractivity contribution >= 4 is 23.1 Å². The van der Waals surface area contributed by atoms with E-state index in [-0.39, 0.29) is 16.1 Å². The Bertz CT molecular complexity index is 619. The first kappa shape index (κ1) is 17.7. The SMILES string of the molecule is CCCc1ccc(C(=S)N2CC[C@@H]2C(=O)NO)cc1C(F)(F)F. The smallest absolute Gasteiger partial charge is 0.350 e. The number of thiocarbonyl (C=S) groups is 1. The first-order valence-electron chi connectivity index (χ1n) is 7.24. The Morgan fingerprint density at radius 2 is 2.17 bits per heavy atom. The van der Waals surface area contributed by atoms with Crippen LogP contribution in [0.5, 0.6) is 0 Å². The van der Waals surface area contributed by atoms with Crippen molar-refractivity contribution in [3.63, 3.8) is 0 Å². The minimum Gasteiger partial charge on any atom is -0.350 e. The predicted octanol–water partition coefficient (Wildman–Crippen LogP) is 2.91. The molecular weight excluding hydrogens is 329 g/mol. The van der Waals surface area contributed by atoms with Gasteiger partial charge in [-0.25, -0.2) is 5.48 Å². The lowest BCUT2D eigenvalue weighted by atomic mass is 9.97. The zero-order valence-electron chi connectivity index (χ0n) is 12.5. The Morgan fingerprint density at radius 3 is 2.65 bits per heavy atom. The molecular formula is C15H17F3N2O2S. The zero-order chi connectivity index (χ0) is 17.2. The molecule has 23 heavy (non-hydrogen) atoms. The molecule has 1 heterocycles. The summed E-state index contributed by atoms with van der Waals surface area (Å²) in [6, 6.07) is 3.39. The number of aryl methyl sites for hydroxylation is 1. The maximum absolute atomic E-state index is 13.2. The van der Waals surface area contributed by atoms with Gasteiger partial charge >= 0.3 is 6.18 Å². The third kappa shape index (κ3) is 3.64. The first-order valence-corrected chi connectivity index (χ1v) is 7.65. The monoisotopic (exact) mass is 346 g/mol. The molecule has 0 saturated carbocycles.